The molecule has 0 unspecified atom stereocenters. The van der Waals surface area contributed by atoms with Gasteiger partial charge in [-0.15, -0.1) is 11.3 Å². The second-order valence-electron chi connectivity index (χ2n) is 5.76. The van der Waals surface area contributed by atoms with Crippen LogP contribution in [0.1, 0.15) is 27.7 Å². The standard InChI is InChI=1S/C19H19N3O3S/c1-13(23)14-5-6-17(25-2)15(10-14)11-19(24)21-18-7-8-20-22(18)12-16-4-3-9-26-16/h3-10H,11-12H2,1-2H3,(H,21,24). The van der Waals surface area contributed by atoms with Crippen LogP contribution in [0.2, 0.25) is 0 Å². The fourth-order valence-electron chi connectivity index (χ4n) is 2.61. The molecule has 0 bridgehead atoms. The van der Waals surface area contributed by atoms with Gasteiger partial charge in [-0.2, -0.15) is 5.10 Å². The first kappa shape index (κ1) is 17.9. The van der Waals surface area contributed by atoms with Crippen molar-refractivity contribution in [2.24, 2.45) is 0 Å². The number of aromatic nitrogens is 2. The number of hydrogen-bond donors (Lipinski definition) is 1. The molecule has 26 heavy (non-hydrogen) atoms. The van der Waals surface area contributed by atoms with Crippen molar-refractivity contribution < 1.29 is 14.3 Å². The summed E-state index contributed by atoms with van der Waals surface area (Å²) in [5, 5.41) is 9.14. The van der Waals surface area contributed by atoms with Crippen LogP contribution in [-0.4, -0.2) is 28.6 Å². The third-order valence-corrected chi connectivity index (χ3v) is 4.77. The summed E-state index contributed by atoms with van der Waals surface area (Å²) in [4.78, 5) is 25.2. The van der Waals surface area contributed by atoms with Crippen LogP contribution in [0, 0.1) is 0 Å². The predicted octanol–water partition coefficient (Wildman–Crippen LogP) is 3.39. The number of carbonyl (C=O) groups excluding carboxylic acids is 2. The van der Waals surface area contributed by atoms with Crippen LogP contribution >= 0.6 is 11.3 Å². The van der Waals surface area contributed by atoms with Gasteiger partial charge in [0.15, 0.2) is 5.78 Å². The van der Waals surface area contributed by atoms with Crippen molar-refractivity contribution in [2.45, 2.75) is 19.9 Å². The molecule has 0 saturated carbocycles. The molecule has 1 aromatic carbocycles. The Morgan fingerprint density at radius 3 is 2.81 bits per heavy atom. The fourth-order valence-corrected chi connectivity index (χ4v) is 3.30. The smallest absolute Gasteiger partial charge is 0.230 e. The second kappa shape index (κ2) is 7.97. The van der Waals surface area contributed by atoms with Crippen molar-refractivity contribution >= 4 is 28.8 Å². The average molecular weight is 369 g/mol. The van der Waals surface area contributed by atoms with Crippen LogP contribution in [-0.2, 0) is 17.8 Å². The Kier molecular flexibility index (Phi) is 5.48. The summed E-state index contributed by atoms with van der Waals surface area (Å²) in [6.45, 7) is 2.10. The van der Waals surface area contributed by atoms with Gasteiger partial charge in [-0.3, -0.25) is 9.59 Å². The molecule has 1 N–H and O–H groups in total. The molecule has 1 amide bonds. The zero-order valence-corrected chi connectivity index (χ0v) is 15.4. The van der Waals surface area contributed by atoms with E-state index in [9.17, 15) is 9.59 Å². The van der Waals surface area contributed by atoms with Gasteiger partial charge in [0.25, 0.3) is 0 Å². The number of methoxy groups -OCH3 is 1. The van der Waals surface area contributed by atoms with E-state index in [0.717, 1.165) is 4.88 Å². The van der Waals surface area contributed by atoms with E-state index in [-0.39, 0.29) is 18.1 Å². The topological polar surface area (TPSA) is 73.2 Å². The van der Waals surface area contributed by atoms with Gasteiger partial charge in [0.05, 0.1) is 26.3 Å². The normalized spacial score (nSPS) is 10.5. The number of nitrogens with one attached hydrogen (secondary N) is 1. The Hall–Kier alpha value is -2.93. The van der Waals surface area contributed by atoms with Crippen LogP contribution < -0.4 is 10.1 Å². The molecule has 0 atom stereocenters. The van der Waals surface area contributed by atoms with Crippen LogP contribution in [0.4, 0.5) is 5.82 Å². The van der Waals surface area contributed by atoms with Gasteiger partial charge in [0, 0.05) is 22.1 Å². The monoisotopic (exact) mass is 369 g/mol. The lowest BCUT2D eigenvalue weighted by Gasteiger charge is -2.11. The molecule has 2 aromatic heterocycles. The molecular formula is C19H19N3O3S. The van der Waals surface area contributed by atoms with Crippen molar-refractivity contribution in [1.82, 2.24) is 9.78 Å². The molecule has 0 spiro atoms. The molecule has 0 saturated heterocycles. The van der Waals surface area contributed by atoms with Gasteiger partial charge < -0.3 is 10.1 Å². The molecule has 3 rings (SSSR count). The zero-order chi connectivity index (χ0) is 18.5. The minimum atomic E-state index is -0.197. The lowest BCUT2D eigenvalue weighted by molar-refractivity contribution is -0.115. The minimum absolute atomic E-state index is 0.0525. The van der Waals surface area contributed by atoms with Crippen LogP contribution in [0.5, 0.6) is 5.75 Å². The molecular weight excluding hydrogens is 350 g/mol. The molecule has 2 heterocycles. The Morgan fingerprint density at radius 2 is 2.12 bits per heavy atom. The summed E-state index contributed by atoms with van der Waals surface area (Å²) in [6, 6.07) is 10.9. The number of thiophene rings is 1. The first-order chi connectivity index (χ1) is 12.6. The number of ketones is 1. The molecule has 0 fully saturated rings. The lowest BCUT2D eigenvalue weighted by Crippen LogP contribution is -2.18. The van der Waals surface area contributed by atoms with Crippen LogP contribution in [0.3, 0.4) is 0 Å². The number of ether oxygens (including phenoxy) is 1. The van der Waals surface area contributed by atoms with Gasteiger partial charge in [-0.25, -0.2) is 4.68 Å². The first-order valence-electron chi connectivity index (χ1n) is 8.08. The Morgan fingerprint density at radius 1 is 1.27 bits per heavy atom. The number of carbonyl (C=O) groups is 2. The molecule has 7 heteroatoms. The molecule has 0 aliphatic carbocycles. The van der Waals surface area contributed by atoms with Crippen molar-refractivity contribution in [3.8, 4) is 5.75 Å². The van der Waals surface area contributed by atoms with Crippen molar-refractivity contribution in [3.63, 3.8) is 0 Å². The SMILES string of the molecule is COc1ccc(C(C)=O)cc1CC(=O)Nc1ccnn1Cc1cccs1. The van der Waals surface area contributed by atoms with Crippen molar-refractivity contribution in [2.75, 3.05) is 12.4 Å². The number of rotatable bonds is 7. The van der Waals surface area contributed by atoms with Gasteiger partial charge in [0.1, 0.15) is 11.6 Å². The zero-order valence-electron chi connectivity index (χ0n) is 14.6. The van der Waals surface area contributed by atoms with Gasteiger partial charge in [0.2, 0.25) is 5.91 Å². The number of Topliss-reactive ketones (excluding diaryl/α,β-unsaturated/α-hetero) is 1. The summed E-state index contributed by atoms with van der Waals surface area (Å²) in [5.74, 6) is 0.961. The molecule has 134 valence electrons. The summed E-state index contributed by atoms with van der Waals surface area (Å²) in [6.07, 6.45) is 1.76. The highest BCUT2D eigenvalue weighted by Crippen LogP contribution is 2.22. The van der Waals surface area contributed by atoms with E-state index >= 15 is 0 Å². The van der Waals surface area contributed by atoms with Gasteiger partial charge in [-0.1, -0.05) is 6.07 Å². The third-order valence-electron chi connectivity index (χ3n) is 3.91. The molecule has 0 aliphatic heterocycles. The maximum Gasteiger partial charge on any atom is 0.230 e. The van der Waals surface area contributed by atoms with E-state index in [0.29, 0.717) is 29.2 Å². The average Bonchev–Trinajstić information content (AvgIpc) is 3.27. The Labute approximate surface area is 155 Å². The Balaban J connectivity index is 1.73. The largest absolute Gasteiger partial charge is 0.496 e. The molecule has 6 nitrogen and oxygen atoms in total. The minimum Gasteiger partial charge on any atom is -0.496 e. The number of anilines is 1. The lowest BCUT2D eigenvalue weighted by atomic mass is 10.0. The van der Waals surface area contributed by atoms with Gasteiger partial charge in [-0.05, 0) is 36.6 Å². The van der Waals surface area contributed by atoms with E-state index in [1.807, 2.05) is 17.5 Å². The van der Waals surface area contributed by atoms with Crippen molar-refractivity contribution in [1.29, 1.82) is 0 Å². The van der Waals surface area contributed by atoms with E-state index in [1.165, 1.54) is 6.92 Å². The third kappa shape index (κ3) is 4.18. The highest BCUT2D eigenvalue weighted by Gasteiger charge is 2.13. The fraction of sp³-hybridized carbons (Fsp3) is 0.211. The Bertz CT molecular complexity index is 916. The first-order valence-corrected chi connectivity index (χ1v) is 8.96. The van der Waals surface area contributed by atoms with Gasteiger partial charge >= 0.3 is 0 Å². The molecule has 0 radical (unpaired) electrons. The van der Waals surface area contributed by atoms with Crippen molar-refractivity contribution in [3.05, 3.63) is 64.0 Å². The highest BCUT2D eigenvalue weighted by molar-refractivity contribution is 7.09. The van der Waals surface area contributed by atoms with Crippen LogP contribution in [0.15, 0.2) is 48.0 Å². The second-order valence-corrected chi connectivity index (χ2v) is 6.79. The summed E-state index contributed by atoms with van der Waals surface area (Å²) >= 11 is 1.64. The van der Waals surface area contributed by atoms with E-state index in [4.69, 9.17) is 4.74 Å². The number of nitrogens with zero attached hydrogens (tertiary/aromatic N) is 2. The van der Waals surface area contributed by atoms with Crippen LogP contribution in [0.25, 0.3) is 0 Å². The molecule has 3 aromatic rings. The maximum atomic E-state index is 12.5. The summed E-state index contributed by atoms with van der Waals surface area (Å²) < 4.78 is 7.05. The number of hydrogen-bond acceptors (Lipinski definition) is 5. The highest BCUT2D eigenvalue weighted by atomic mass is 32.1. The molecule has 0 aliphatic rings. The number of amides is 1. The summed E-state index contributed by atoms with van der Waals surface area (Å²) in [7, 11) is 1.54. The van der Waals surface area contributed by atoms with E-state index < -0.39 is 0 Å². The summed E-state index contributed by atoms with van der Waals surface area (Å²) in [5.41, 5.74) is 1.22. The van der Waals surface area contributed by atoms with E-state index in [2.05, 4.69) is 10.4 Å². The van der Waals surface area contributed by atoms with E-state index in [1.54, 1.807) is 53.6 Å². The quantitative estimate of drug-likeness (QED) is 0.648. The maximum absolute atomic E-state index is 12.5. The number of benzene rings is 1. The predicted molar refractivity (Wildman–Crippen MR) is 101 cm³/mol.